The summed E-state index contributed by atoms with van der Waals surface area (Å²) in [6.07, 6.45) is 0. The van der Waals surface area contributed by atoms with Crippen molar-refractivity contribution >= 4 is 28.4 Å². The third-order valence-corrected chi connectivity index (χ3v) is 5.70. The van der Waals surface area contributed by atoms with Crippen LogP contribution in [0.25, 0.3) is 22.4 Å². The lowest BCUT2D eigenvalue weighted by atomic mass is 10.2. The van der Waals surface area contributed by atoms with Crippen molar-refractivity contribution in [3.8, 4) is 5.69 Å². The molecule has 3 aromatic carbocycles. The third kappa shape index (κ3) is 3.00. The molecule has 0 saturated carbocycles. The van der Waals surface area contributed by atoms with Crippen LogP contribution >= 0.6 is 11.8 Å². The molecule has 2 heterocycles. The zero-order chi connectivity index (χ0) is 19.8. The first kappa shape index (κ1) is 17.6. The van der Waals surface area contributed by atoms with Crippen LogP contribution in [0.1, 0.15) is 5.56 Å². The lowest BCUT2D eigenvalue weighted by Crippen LogP contribution is -2.21. The minimum atomic E-state index is -0.250. The van der Waals surface area contributed by atoms with Crippen LogP contribution in [0.5, 0.6) is 0 Å². The Morgan fingerprint density at radius 3 is 2.41 bits per heavy atom. The number of halogens is 1. The van der Waals surface area contributed by atoms with E-state index < -0.39 is 0 Å². The zero-order valence-electron chi connectivity index (χ0n) is 15.2. The molecule has 5 nitrogen and oxygen atoms in total. The number of nitrogens with zero attached hydrogens (tertiary/aromatic N) is 4. The highest BCUT2D eigenvalue weighted by Gasteiger charge is 2.18. The van der Waals surface area contributed by atoms with Gasteiger partial charge in [0.25, 0.3) is 5.56 Å². The van der Waals surface area contributed by atoms with E-state index in [0.29, 0.717) is 33.3 Å². The molecule has 2 aromatic heterocycles. The van der Waals surface area contributed by atoms with Gasteiger partial charge in [-0.3, -0.25) is 9.20 Å². The van der Waals surface area contributed by atoms with Crippen molar-refractivity contribution in [1.29, 1.82) is 0 Å². The van der Waals surface area contributed by atoms with Gasteiger partial charge >= 0.3 is 0 Å². The number of aromatic nitrogens is 4. The van der Waals surface area contributed by atoms with Crippen molar-refractivity contribution in [3.05, 3.63) is 101 Å². The minimum Gasteiger partial charge on any atom is -0.268 e. The van der Waals surface area contributed by atoms with E-state index in [0.717, 1.165) is 5.52 Å². The van der Waals surface area contributed by atoms with Crippen molar-refractivity contribution in [3.63, 3.8) is 0 Å². The largest absolute Gasteiger partial charge is 0.268 e. The molecule has 142 valence electrons. The molecule has 7 heteroatoms. The molecule has 0 aliphatic carbocycles. The van der Waals surface area contributed by atoms with Crippen LogP contribution in [0.4, 0.5) is 4.39 Å². The van der Waals surface area contributed by atoms with Gasteiger partial charge in [0.1, 0.15) is 5.82 Å². The summed E-state index contributed by atoms with van der Waals surface area (Å²) in [5, 5.41) is 9.78. The Morgan fingerprint density at radius 2 is 1.59 bits per heavy atom. The first-order chi connectivity index (χ1) is 14.2. The average molecular weight is 402 g/mol. The zero-order valence-corrected chi connectivity index (χ0v) is 16.0. The van der Waals surface area contributed by atoms with E-state index in [2.05, 4.69) is 10.2 Å². The smallest absolute Gasteiger partial charge is 0.267 e. The van der Waals surface area contributed by atoms with Crippen LogP contribution in [0, 0.1) is 5.82 Å². The summed E-state index contributed by atoms with van der Waals surface area (Å²) in [6.45, 7) is 0. The molecule has 0 bridgehead atoms. The lowest BCUT2D eigenvalue weighted by molar-refractivity contribution is 0.617. The highest BCUT2D eigenvalue weighted by molar-refractivity contribution is 7.98. The number of fused-ring (bicyclic) bond motifs is 3. The second-order valence-corrected chi connectivity index (χ2v) is 7.43. The topological polar surface area (TPSA) is 52.2 Å². The Bertz CT molecular complexity index is 1390. The maximum absolute atomic E-state index is 14.0. The summed E-state index contributed by atoms with van der Waals surface area (Å²) in [5.74, 6) is 0.586. The summed E-state index contributed by atoms with van der Waals surface area (Å²) in [6, 6.07) is 23.4. The average Bonchev–Trinajstić information content (AvgIpc) is 3.18. The second kappa shape index (κ2) is 7.18. The molecule has 0 spiro atoms. The van der Waals surface area contributed by atoms with Gasteiger partial charge in [-0.1, -0.05) is 60.3 Å². The Morgan fingerprint density at radius 1 is 0.862 bits per heavy atom. The first-order valence-corrected chi connectivity index (χ1v) is 10.0. The molecule has 5 rings (SSSR count). The molecule has 0 radical (unpaired) electrons. The fourth-order valence-electron chi connectivity index (χ4n) is 3.34. The standard InChI is InChI=1S/C22H15FN4OS/c23-18-12-6-4-8-15(18)14-29-22-25-24-21-26(16-9-2-1-3-10-16)20(28)17-11-5-7-13-19(17)27(21)22/h1-13H,14H2. The van der Waals surface area contributed by atoms with Gasteiger partial charge < -0.3 is 0 Å². The Kier molecular flexibility index (Phi) is 4.37. The molecule has 0 aliphatic heterocycles. The number of rotatable bonds is 4. The van der Waals surface area contributed by atoms with Crippen LogP contribution in [0.2, 0.25) is 0 Å². The number of hydrogen-bond acceptors (Lipinski definition) is 4. The molecular formula is C22H15FN4OS. The monoisotopic (exact) mass is 402 g/mol. The lowest BCUT2D eigenvalue weighted by Gasteiger charge is -2.11. The fraction of sp³-hybridized carbons (Fsp3) is 0.0455. The molecular weight excluding hydrogens is 387 g/mol. The normalized spacial score (nSPS) is 11.3. The van der Waals surface area contributed by atoms with Crippen molar-refractivity contribution in [2.75, 3.05) is 0 Å². The predicted molar refractivity (Wildman–Crippen MR) is 112 cm³/mol. The van der Waals surface area contributed by atoms with Gasteiger partial charge in [0.2, 0.25) is 5.78 Å². The van der Waals surface area contributed by atoms with Crippen molar-refractivity contribution < 1.29 is 4.39 Å². The highest BCUT2D eigenvalue weighted by Crippen LogP contribution is 2.26. The number of benzene rings is 3. The van der Waals surface area contributed by atoms with Gasteiger partial charge in [-0.2, -0.15) is 0 Å². The van der Waals surface area contributed by atoms with Gasteiger partial charge in [0.15, 0.2) is 5.16 Å². The summed E-state index contributed by atoms with van der Waals surface area (Å²) in [4.78, 5) is 13.2. The van der Waals surface area contributed by atoms with Gasteiger partial charge in [-0.25, -0.2) is 8.96 Å². The van der Waals surface area contributed by atoms with Crippen molar-refractivity contribution in [1.82, 2.24) is 19.2 Å². The van der Waals surface area contributed by atoms with E-state index in [1.54, 1.807) is 22.8 Å². The number of hydrogen-bond donors (Lipinski definition) is 0. The van der Waals surface area contributed by atoms with E-state index in [9.17, 15) is 9.18 Å². The van der Waals surface area contributed by atoms with E-state index in [1.807, 2.05) is 59.0 Å². The summed E-state index contributed by atoms with van der Waals surface area (Å²) < 4.78 is 17.4. The van der Waals surface area contributed by atoms with Gasteiger partial charge in [0.05, 0.1) is 16.6 Å². The van der Waals surface area contributed by atoms with Crippen molar-refractivity contribution in [2.45, 2.75) is 10.9 Å². The maximum Gasteiger partial charge on any atom is 0.267 e. The minimum absolute atomic E-state index is 0.155. The van der Waals surface area contributed by atoms with Crippen LogP contribution in [0.3, 0.4) is 0 Å². The number of para-hydroxylation sites is 2. The van der Waals surface area contributed by atoms with Gasteiger partial charge in [0, 0.05) is 5.75 Å². The SMILES string of the molecule is O=c1c2ccccc2n2c(SCc3ccccc3F)nnc2n1-c1ccccc1. The van der Waals surface area contributed by atoms with Crippen LogP contribution < -0.4 is 5.56 Å². The van der Waals surface area contributed by atoms with Gasteiger partial charge in [-0.15, -0.1) is 10.2 Å². The van der Waals surface area contributed by atoms with E-state index >= 15 is 0 Å². The molecule has 29 heavy (non-hydrogen) atoms. The Balaban J connectivity index is 1.73. The molecule has 0 aliphatic rings. The van der Waals surface area contributed by atoms with Crippen LogP contribution in [-0.2, 0) is 5.75 Å². The van der Waals surface area contributed by atoms with Gasteiger partial charge in [-0.05, 0) is 35.9 Å². The summed E-state index contributed by atoms with van der Waals surface area (Å²) in [5.41, 5.74) is 1.87. The van der Waals surface area contributed by atoms with E-state index in [4.69, 9.17) is 0 Å². The molecule has 0 unspecified atom stereocenters. The number of thioether (sulfide) groups is 1. The van der Waals surface area contributed by atoms with E-state index in [1.165, 1.54) is 17.8 Å². The molecule has 5 aromatic rings. The van der Waals surface area contributed by atoms with Crippen molar-refractivity contribution in [2.24, 2.45) is 0 Å². The summed E-state index contributed by atoms with van der Waals surface area (Å²) >= 11 is 1.38. The molecule has 0 atom stereocenters. The Hall–Kier alpha value is -3.45. The van der Waals surface area contributed by atoms with Crippen LogP contribution in [0.15, 0.2) is 88.8 Å². The molecule has 0 fully saturated rings. The Labute approximate surface area is 169 Å². The molecule has 0 amide bonds. The van der Waals surface area contributed by atoms with Crippen LogP contribution in [-0.4, -0.2) is 19.2 Å². The van der Waals surface area contributed by atoms with E-state index in [-0.39, 0.29) is 11.4 Å². The molecule has 0 saturated heterocycles. The fourth-order valence-corrected chi connectivity index (χ4v) is 4.27. The quantitative estimate of drug-likeness (QED) is 0.417. The summed E-state index contributed by atoms with van der Waals surface area (Å²) in [7, 11) is 0. The second-order valence-electron chi connectivity index (χ2n) is 6.49. The first-order valence-electron chi connectivity index (χ1n) is 9.04. The third-order valence-electron chi connectivity index (χ3n) is 4.72. The highest BCUT2D eigenvalue weighted by atomic mass is 32.2. The predicted octanol–water partition coefficient (Wildman–Crippen LogP) is 4.46. The molecule has 0 N–H and O–H groups in total. The maximum atomic E-state index is 14.0.